The molecule has 0 unspecified atom stereocenters. The Morgan fingerprint density at radius 2 is 1.85 bits per heavy atom. The maximum atomic E-state index is 15.6. The molecule has 0 saturated carbocycles. The maximum Gasteiger partial charge on any atom is 0.229 e. The van der Waals surface area contributed by atoms with Gasteiger partial charge in [0.25, 0.3) is 0 Å². The first-order valence-electron chi connectivity index (χ1n) is 14.0. The third-order valence-electron chi connectivity index (χ3n) is 8.20. The van der Waals surface area contributed by atoms with E-state index in [1.165, 1.54) is 25.1 Å². The minimum Gasteiger partial charge on any atom is -0.489 e. The second kappa shape index (κ2) is 11.4. The van der Waals surface area contributed by atoms with Crippen molar-refractivity contribution in [2.75, 3.05) is 75.2 Å². The number of rotatable bonds is 6. The van der Waals surface area contributed by atoms with Crippen molar-refractivity contribution >= 4 is 52.9 Å². The molecule has 3 aliphatic heterocycles. The fraction of sp³-hybridized carbons (Fsp3) is 0.448. The van der Waals surface area contributed by atoms with Crippen molar-refractivity contribution in [2.45, 2.75) is 24.9 Å². The first kappa shape index (κ1) is 28.2. The van der Waals surface area contributed by atoms with Crippen molar-refractivity contribution in [3.8, 4) is 5.75 Å². The van der Waals surface area contributed by atoms with Gasteiger partial charge in [-0.1, -0.05) is 23.7 Å². The normalized spacial score (nSPS) is 20.2. The Hall–Kier alpha value is -2.91. The number of piperidine rings is 1. The van der Waals surface area contributed by atoms with E-state index < -0.39 is 7.14 Å². The van der Waals surface area contributed by atoms with Gasteiger partial charge in [-0.25, -0.2) is 9.37 Å². The number of anilines is 5. The lowest BCUT2D eigenvalue weighted by Crippen LogP contribution is -2.60. The van der Waals surface area contributed by atoms with Crippen LogP contribution in [0, 0.1) is 5.82 Å². The summed E-state index contributed by atoms with van der Waals surface area (Å²) in [6.45, 7) is 8.78. The fourth-order valence-corrected chi connectivity index (χ4v) is 7.34. The standard InChI is InChI=1S/C29H36ClFN7O2P/c1-36-10-8-20(9-11-36)37-12-13-38-21(17-37)18-40-25-15-19(14-23(31)27(25)38)33-29-32-16-22(30)28(35-29)34-24-6-4-5-7-26(24)41(2,3)39/h4-7,14-16,20-21H,8-13,17-18H2,1-3H3,(H2,32,33,34,35)/t21-/m1/s1. The molecule has 9 nitrogen and oxygen atoms in total. The van der Waals surface area contributed by atoms with E-state index in [0.29, 0.717) is 51.6 Å². The van der Waals surface area contributed by atoms with Crippen LogP contribution in [0.15, 0.2) is 42.6 Å². The number of benzene rings is 2. The Morgan fingerprint density at radius 3 is 2.63 bits per heavy atom. The molecule has 0 amide bonds. The van der Waals surface area contributed by atoms with Crippen LogP contribution >= 0.6 is 18.7 Å². The molecule has 0 bridgehead atoms. The summed E-state index contributed by atoms with van der Waals surface area (Å²) in [7, 11) is -0.364. The van der Waals surface area contributed by atoms with E-state index in [1.54, 1.807) is 19.4 Å². The highest BCUT2D eigenvalue weighted by molar-refractivity contribution is 7.70. The summed E-state index contributed by atoms with van der Waals surface area (Å²) < 4.78 is 34.5. The Morgan fingerprint density at radius 1 is 1.07 bits per heavy atom. The molecule has 3 aromatic rings. The summed E-state index contributed by atoms with van der Waals surface area (Å²) in [4.78, 5) is 15.9. The van der Waals surface area contributed by atoms with Crippen LogP contribution in [0.25, 0.3) is 0 Å². The quantitative estimate of drug-likeness (QED) is 0.381. The molecule has 12 heteroatoms. The summed E-state index contributed by atoms with van der Waals surface area (Å²) in [5, 5.41) is 7.28. The molecule has 4 heterocycles. The summed E-state index contributed by atoms with van der Waals surface area (Å²) >= 11 is 6.39. The number of halogens is 2. The lowest BCUT2D eigenvalue weighted by atomic mass is 10.00. The molecule has 2 saturated heterocycles. The highest BCUT2D eigenvalue weighted by atomic mass is 35.5. The average molecular weight is 600 g/mol. The molecule has 0 aliphatic carbocycles. The van der Waals surface area contributed by atoms with E-state index >= 15 is 4.39 Å². The molecule has 218 valence electrons. The number of para-hydroxylation sites is 1. The number of likely N-dealkylation sites (tertiary alicyclic amines) is 1. The number of piperazine rings is 1. The van der Waals surface area contributed by atoms with Gasteiger partial charge in [0.1, 0.15) is 30.2 Å². The summed E-state index contributed by atoms with van der Waals surface area (Å²) in [6.07, 6.45) is 3.83. The Kier molecular flexibility index (Phi) is 7.85. The molecule has 1 aromatic heterocycles. The first-order valence-corrected chi connectivity index (χ1v) is 17.0. The monoisotopic (exact) mass is 599 g/mol. The summed E-state index contributed by atoms with van der Waals surface area (Å²) in [6, 6.07) is 11.3. The van der Waals surface area contributed by atoms with Crippen molar-refractivity contribution in [3.05, 3.63) is 53.4 Å². The van der Waals surface area contributed by atoms with Crippen molar-refractivity contribution in [2.24, 2.45) is 0 Å². The van der Waals surface area contributed by atoms with Crippen LogP contribution in [0.5, 0.6) is 5.75 Å². The molecule has 0 spiro atoms. The number of hydrogen-bond acceptors (Lipinski definition) is 9. The van der Waals surface area contributed by atoms with Gasteiger partial charge in [-0.05, 0) is 64.5 Å². The highest BCUT2D eigenvalue weighted by Gasteiger charge is 2.37. The predicted molar refractivity (Wildman–Crippen MR) is 164 cm³/mol. The van der Waals surface area contributed by atoms with Crippen molar-refractivity contribution < 1.29 is 13.7 Å². The third kappa shape index (κ3) is 6.02. The number of nitrogens with one attached hydrogen (secondary N) is 2. The molecule has 2 aromatic carbocycles. The number of ether oxygens (including phenoxy) is 1. The smallest absolute Gasteiger partial charge is 0.229 e. The highest BCUT2D eigenvalue weighted by Crippen LogP contribution is 2.41. The van der Waals surface area contributed by atoms with Gasteiger partial charge in [-0.2, -0.15) is 4.98 Å². The molecule has 1 atom stereocenters. The zero-order valence-electron chi connectivity index (χ0n) is 23.6. The van der Waals surface area contributed by atoms with Gasteiger partial charge < -0.3 is 29.7 Å². The van der Waals surface area contributed by atoms with E-state index in [9.17, 15) is 4.57 Å². The van der Waals surface area contributed by atoms with Gasteiger partial charge in [-0.3, -0.25) is 4.90 Å². The lowest BCUT2D eigenvalue weighted by Gasteiger charge is -2.48. The van der Waals surface area contributed by atoms with E-state index in [1.807, 2.05) is 24.3 Å². The predicted octanol–water partition coefficient (Wildman–Crippen LogP) is 4.98. The minimum atomic E-state index is -2.54. The molecular weight excluding hydrogens is 564 g/mol. The van der Waals surface area contributed by atoms with Gasteiger partial charge in [0.05, 0.1) is 17.9 Å². The molecular formula is C29H36ClFN7O2P. The first-order chi connectivity index (χ1) is 19.7. The van der Waals surface area contributed by atoms with Gasteiger partial charge in [0.2, 0.25) is 5.95 Å². The summed E-state index contributed by atoms with van der Waals surface area (Å²) in [5.41, 5.74) is 1.66. The Labute approximate surface area is 245 Å². The largest absolute Gasteiger partial charge is 0.489 e. The molecule has 2 fully saturated rings. The van der Waals surface area contributed by atoms with Crippen LogP contribution in [-0.2, 0) is 4.57 Å². The third-order valence-corrected chi connectivity index (χ3v) is 10.0. The number of nitrogens with zero attached hydrogens (tertiary/aromatic N) is 5. The summed E-state index contributed by atoms with van der Waals surface area (Å²) in [5.74, 6) is 0.764. The Bertz CT molecular complexity index is 1480. The number of aromatic nitrogens is 2. The zero-order valence-corrected chi connectivity index (χ0v) is 25.3. The number of fused-ring (bicyclic) bond motifs is 3. The second-order valence-corrected chi connectivity index (χ2v) is 15.1. The van der Waals surface area contributed by atoms with Crippen LogP contribution in [0.3, 0.4) is 0 Å². The zero-order chi connectivity index (χ0) is 28.7. The molecule has 6 rings (SSSR count). The lowest BCUT2D eigenvalue weighted by molar-refractivity contribution is 0.0863. The maximum absolute atomic E-state index is 15.6. The number of hydrogen-bond donors (Lipinski definition) is 2. The SMILES string of the molecule is CN1CCC(N2CCN3c4c(F)cc(Nc5ncc(Cl)c(Nc6ccccc6P(C)(C)=O)n5)cc4OC[C@H]3C2)CC1. The van der Waals surface area contributed by atoms with E-state index in [-0.39, 0.29) is 17.8 Å². The average Bonchev–Trinajstić information content (AvgIpc) is 2.94. The topological polar surface area (TPSA) is 85.9 Å². The van der Waals surface area contributed by atoms with Crippen LogP contribution in [0.2, 0.25) is 5.02 Å². The van der Waals surface area contributed by atoms with Gasteiger partial charge in [0, 0.05) is 42.7 Å². The van der Waals surface area contributed by atoms with Gasteiger partial charge in [-0.15, -0.1) is 0 Å². The fourth-order valence-electron chi connectivity index (χ4n) is 6.05. The van der Waals surface area contributed by atoms with E-state index in [4.69, 9.17) is 16.3 Å². The molecule has 2 N–H and O–H groups in total. The van der Waals surface area contributed by atoms with E-state index in [2.05, 4.69) is 42.3 Å². The van der Waals surface area contributed by atoms with Gasteiger partial charge >= 0.3 is 0 Å². The van der Waals surface area contributed by atoms with Crippen LogP contribution in [0.1, 0.15) is 12.8 Å². The van der Waals surface area contributed by atoms with Crippen molar-refractivity contribution in [1.82, 2.24) is 19.8 Å². The Balaban J connectivity index is 1.18. The van der Waals surface area contributed by atoms with Crippen molar-refractivity contribution in [3.63, 3.8) is 0 Å². The molecule has 41 heavy (non-hydrogen) atoms. The van der Waals surface area contributed by atoms with Crippen LogP contribution in [-0.4, -0.2) is 91.6 Å². The van der Waals surface area contributed by atoms with Crippen LogP contribution < -0.4 is 25.6 Å². The van der Waals surface area contributed by atoms with E-state index in [0.717, 1.165) is 32.7 Å². The molecule has 3 aliphatic rings. The van der Waals surface area contributed by atoms with Crippen molar-refractivity contribution in [1.29, 1.82) is 0 Å². The minimum absolute atomic E-state index is 0.127. The van der Waals surface area contributed by atoms with Crippen LogP contribution in [0.4, 0.5) is 33.2 Å². The van der Waals surface area contributed by atoms with Gasteiger partial charge in [0.15, 0.2) is 11.6 Å². The second-order valence-electron chi connectivity index (χ2n) is 11.5. The molecule has 0 radical (unpaired) electrons.